The van der Waals surface area contributed by atoms with Crippen molar-refractivity contribution < 1.29 is 4.39 Å². The highest BCUT2D eigenvalue weighted by Crippen LogP contribution is 2.30. The fourth-order valence-electron chi connectivity index (χ4n) is 3.15. The first kappa shape index (κ1) is 14.8. The van der Waals surface area contributed by atoms with Gasteiger partial charge in [0, 0.05) is 29.5 Å². The van der Waals surface area contributed by atoms with Gasteiger partial charge in [-0.2, -0.15) is 0 Å². The molecule has 2 nitrogen and oxygen atoms in total. The van der Waals surface area contributed by atoms with Crippen LogP contribution in [-0.2, 0) is 13.0 Å². The zero-order valence-corrected chi connectivity index (χ0v) is 13.8. The van der Waals surface area contributed by atoms with Gasteiger partial charge in [-0.25, -0.2) is 4.39 Å². The minimum absolute atomic E-state index is 0.204. The molecule has 1 aliphatic rings. The SMILES string of the molecule is CNC1CCCCc2cn(Cc3ccc(F)cc3Br)cc21. The predicted molar refractivity (Wildman–Crippen MR) is 87.0 cm³/mol. The molecule has 1 aliphatic carbocycles. The van der Waals surface area contributed by atoms with Crippen molar-refractivity contribution >= 4 is 15.9 Å². The van der Waals surface area contributed by atoms with Crippen molar-refractivity contribution in [3.8, 4) is 0 Å². The normalized spacial score (nSPS) is 18.3. The number of hydrogen-bond donors (Lipinski definition) is 1. The molecular formula is C17H20BrFN2. The summed E-state index contributed by atoms with van der Waals surface area (Å²) in [7, 11) is 2.04. The first-order chi connectivity index (χ1) is 10.2. The second-order valence-electron chi connectivity index (χ2n) is 5.73. The van der Waals surface area contributed by atoms with Crippen molar-refractivity contribution in [1.29, 1.82) is 0 Å². The maximum Gasteiger partial charge on any atom is 0.124 e. The van der Waals surface area contributed by atoms with Crippen molar-refractivity contribution in [1.82, 2.24) is 9.88 Å². The van der Waals surface area contributed by atoms with Crippen LogP contribution in [0.4, 0.5) is 4.39 Å². The van der Waals surface area contributed by atoms with Gasteiger partial charge in [0.05, 0.1) is 0 Å². The fraction of sp³-hybridized carbons (Fsp3) is 0.412. The van der Waals surface area contributed by atoms with Crippen LogP contribution in [0, 0.1) is 5.82 Å². The van der Waals surface area contributed by atoms with Crippen molar-refractivity contribution in [2.75, 3.05) is 7.05 Å². The Morgan fingerprint density at radius 3 is 2.95 bits per heavy atom. The number of aryl methyl sites for hydroxylation is 1. The van der Waals surface area contributed by atoms with Crippen molar-refractivity contribution in [3.05, 3.63) is 57.6 Å². The number of nitrogens with one attached hydrogen (secondary N) is 1. The minimum atomic E-state index is -0.204. The molecule has 3 rings (SSSR count). The number of benzene rings is 1. The Balaban J connectivity index is 1.87. The summed E-state index contributed by atoms with van der Waals surface area (Å²) in [6.07, 6.45) is 9.40. The molecule has 2 aromatic rings. The molecule has 0 aliphatic heterocycles. The van der Waals surface area contributed by atoms with E-state index < -0.39 is 0 Å². The minimum Gasteiger partial charge on any atom is -0.349 e. The van der Waals surface area contributed by atoms with Crippen molar-refractivity contribution in [2.45, 2.75) is 38.3 Å². The molecule has 0 amide bonds. The third-order valence-corrected chi connectivity index (χ3v) is 5.02. The van der Waals surface area contributed by atoms with E-state index in [1.54, 1.807) is 0 Å². The Morgan fingerprint density at radius 2 is 2.19 bits per heavy atom. The second-order valence-corrected chi connectivity index (χ2v) is 6.59. The Morgan fingerprint density at radius 1 is 1.33 bits per heavy atom. The van der Waals surface area contributed by atoms with Crippen LogP contribution in [0.5, 0.6) is 0 Å². The molecule has 0 saturated carbocycles. The van der Waals surface area contributed by atoms with Crippen LogP contribution < -0.4 is 5.32 Å². The average Bonchev–Trinajstić information content (AvgIpc) is 2.75. The average molecular weight is 351 g/mol. The van der Waals surface area contributed by atoms with Crippen molar-refractivity contribution in [2.24, 2.45) is 0 Å². The van der Waals surface area contributed by atoms with Gasteiger partial charge in [0.25, 0.3) is 0 Å². The van der Waals surface area contributed by atoms with Gasteiger partial charge in [-0.05, 0) is 55.1 Å². The lowest BCUT2D eigenvalue weighted by molar-refractivity contribution is 0.531. The van der Waals surface area contributed by atoms with Gasteiger partial charge in [0.1, 0.15) is 5.82 Å². The maximum atomic E-state index is 13.2. The lowest BCUT2D eigenvalue weighted by atomic mass is 10.1. The number of rotatable bonds is 3. The summed E-state index contributed by atoms with van der Waals surface area (Å²) in [5.41, 5.74) is 3.97. The smallest absolute Gasteiger partial charge is 0.124 e. The lowest BCUT2D eigenvalue weighted by Crippen LogP contribution is -2.15. The van der Waals surface area contributed by atoms with Gasteiger partial charge >= 0.3 is 0 Å². The van der Waals surface area contributed by atoms with Gasteiger partial charge < -0.3 is 9.88 Å². The van der Waals surface area contributed by atoms with E-state index >= 15 is 0 Å². The Hall–Kier alpha value is -1.13. The second kappa shape index (κ2) is 6.32. The van der Waals surface area contributed by atoms with E-state index in [0.29, 0.717) is 6.04 Å². The molecule has 1 heterocycles. The summed E-state index contributed by atoms with van der Waals surface area (Å²) < 4.78 is 16.2. The van der Waals surface area contributed by atoms with Gasteiger partial charge in [0.15, 0.2) is 0 Å². The molecule has 0 bridgehead atoms. The number of fused-ring (bicyclic) bond motifs is 1. The van der Waals surface area contributed by atoms with E-state index in [2.05, 4.69) is 38.2 Å². The van der Waals surface area contributed by atoms with Gasteiger partial charge in [-0.3, -0.25) is 0 Å². The molecule has 0 radical (unpaired) electrons. The molecule has 0 fully saturated rings. The highest BCUT2D eigenvalue weighted by Gasteiger charge is 2.19. The Bertz CT molecular complexity index is 636. The van der Waals surface area contributed by atoms with E-state index in [0.717, 1.165) is 23.0 Å². The van der Waals surface area contributed by atoms with Crippen molar-refractivity contribution in [3.63, 3.8) is 0 Å². The summed E-state index contributed by atoms with van der Waals surface area (Å²) in [6.45, 7) is 0.768. The first-order valence-electron chi connectivity index (χ1n) is 7.47. The number of aromatic nitrogens is 1. The summed E-state index contributed by atoms with van der Waals surface area (Å²) >= 11 is 3.45. The van der Waals surface area contributed by atoms with Gasteiger partial charge in [0.2, 0.25) is 0 Å². The quantitative estimate of drug-likeness (QED) is 0.810. The van der Waals surface area contributed by atoms with Gasteiger partial charge in [-0.1, -0.05) is 28.4 Å². The topological polar surface area (TPSA) is 17.0 Å². The molecule has 4 heteroatoms. The molecule has 1 atom stereocenters. The molecule has 1 aromatic heterocycles. The molecule has 112 valence electrons. The Kier molecular flexibility index (Phi) is 4.45. The van der Waals surface area contributed by atoms with Crippen LogP contribution in [0.25, 0.3) is 0 Å². The molecular weight excluding hydrogens is 331 g/mol. The molecule has 1 unspecified atom stereocenters. The van der Waals surface area contributed by atoms with Crippen LogP contribution in [0.3, 0.4) is 0 Å². The Labute approximate surface area is 133 Å². The highest BCUT2D eigenvalue weighted by atomic mass is 79.9. The summed E-state index contributed by atoms with van der Waals surface area (Å²) in [5.74, 6) is -0.204. The summed E-state index contributed by atoms with van der Waals surface area (Å²) in [6, 6.07) is 5.35. The fourth-order valence-corrected chi connectivity index (χ4v) is 3.63. The third kappa shape index (κ3) is 3.22. The van der Waals surface area contributed by atoms with Crippen LogP contribution >= 0.6 is 15.9 Å². The van der Waals surface area contributed by atoms with Crippen LogP contribution in [0.1, 0.15) is 42.0 Å². The lowest BCUT2D eigenvalue weighted by Gasteiger charge is -2.13. The van der Waals surface area contributed by atoms with E-state index in [1.807, 2.05) is 13.1 Å². The maximum absolute atomic E-state index is 13.2. The van der Waals surface area contributed by atoms with Crippen LogP contribution in [0.2, 0.25) is 0 Å². The molecule has 1 aromatic carbocycles. The molecule has 0 saturated heterocycles. The standard InChI is InChI=1S/C17H20BrFN2/c1-20-17-5-3-2-4-12-9-21(11-15(12)17)10-13-6-7-14(19)8-16(13)18/h6-9,11,17,20H,2-5,10H2,1H3. The number of hydrogen-bond acceptors (Lipinski definition) is 1. The summed E-state index contributed by atoms with van der Waals surface area (Å²) in [4.78, 5) is 0. The van der Waals surface area contributed by atoms with E-state index in [4.69, 9.17) is 0 Å². The first-order valence-corrected chi connectivity index (χ1v) is 8.26. The third-order valence-electron chi connectivity index (χ3n) is 4.28. The molecule has 0 spiro atoms. The zero-order chi connectivity index (χ0) is 14.8. The number of nitrogens with zero attached hydrogens (tertiary/aromatic N) is 1. The highest BCUT2D eigenvalue weighted by molar-refractivity contribution is 9.10. The van der Waals surface area contributed by atoms with Crippen LogP contribution in [-0.4, -0.2) is 11.6 Å². The van der Waals surface area contributed by atoms with E-state index in [-0.39, 0.29) is 5.82 Å². The summed E-state index contributed by atoms with van der Waals surface area (Å²) in [5, 5.41) is 3.42. The largest absolute Gasteiger partial charge is 0.349 e. The van der Waals surface area contributed by atoms with E-state index in [1.165, 1.54) is 42.5 Å². The van der Waals surface area contributed by atoms with Gasteiger partial charge in [-0.15, -0.1) is 0 Å². The molecule has 1 N–H and O–H groups in total. The molecule has 21 heavy (non-hydrogen) atoms. The zero-order valence-electron chi connectivity index (χ0n) is 12.2. The van der Waals surface area contributed by atoms with E-state index in [9.17, 15) is 4.39 Å². The van der Waals surface area contributed by atoms with Crippen LogP contribution in [0.15, 0.2) is 35.1 Å². The predicted octanol–water partition coefficient (Wildman–Crippen LogP) is 4.42. The monoisotopic (exact) mass is 350 g/mol. The number of halogens is 2.